The Balaban J connectivity index is 1.61. The van der Waals surface area contributed by atoms with Crippen molar-refractivity contribution in [3.05, 3.63) is 70.4 Å². The second-order valence-electron chi connectivity index (χ2n) is 9.44. The summed E-state index contributed by atoms with van der Waals surface area (Å²) >= 11 is 0. The van der Waals surface area contributed by atoms with E-state index in [4.69, 9.17) is 4.98 Å². The van der Waals surface area contributed by atoms with Gasteiger partial charge in [-0.2, -0.15) is 0 Å². The van der Waals surface area contributed by atoms with Gasteiger partial charge in [-0.3, -0.25) is 4.98 Å². The third-order valence-corrected chi connectivity index (χ3v) is 7.89. The number of hydrogen-bond donors (Lipinski definition) is 2. The second kappa shape index (κ2) is 5.59. The summed E-state index contributed by atoms with van der Waals surface area (Å²) in [5.41, 5.74) is 5.65. The summed E-state index contributed by atoms with van der Waals surface area (Å²) in [6.45, 7) is 3.05. The second-order valence-corrected chi connectivity index (χ2v) is 9.44. The van der Waals surface area contributed by atoms with Gasteiger partial charge in [0.1, 0.15) is 5.75 Å². The van der Waals surface area contributed by atoms with E-state index < -0.39 is 11.0 Å². The molecule has 0 amide bonds. The zero-order valence-corrected chi connectivity index (χ0v) is 16.9. The van der Waals surface area contributed by atoms with E-state index >= 15 is 0 Å². The number of aryl methyl sites for hydroxylation is 1. The minimum atomic E-state index is -0.854. The number of nitrogens with zero attached hydrogens (tertiary/aromatic N) is 2. The van der Waals surface area contributed by atoms with Gasteiger partial charge in [0, 0.05) is 35.4 Å². The highest BCUT2D eigenvalue weighted by Crippen LogP contribution is 2.57. The highest BCUT2D eigenvalue weighted by atomic mass is 16.3. The monoisotopic (exact) mass is 386 g/mol. The molecule has 0 saturated carbocycles. The van der Waals surface area contributed by atoms with E-state index in [0.29, 0.717) is 6.42 Å². The predicted octanol–water partition coefficient (Wildman–Crippen LogP) is 3.28. The van der Waals surface area contributed by atoms with E-state index in [1.54, 1.807) is 6.07 Å². The molecule has 2 N–H and O–H groups in total. The summed E-state index contributed by atoms with van der Waals surface area (Å²) in [6, 6.07) is 14.4. The Morgan fingerprint density at radius 1 is 1.07 bits per heavy atom. The van der Waals surface area contributed by atoms with Crippen LogP contribution in [0, 0.1) is 6.92 Å². The summed E-state index contributed by atoms with van der Waals surface area (Å²) in [7, 11) is 2.13. The Bertz CT molecular complexity index is 1170. The maximum absolute atomic E-state index is 12.3. The molecule has 1 aliphatic heterocycles. The summed E-state index contributed by atoms with van der Waals surface area (Å²) in [5.74, 6) is 0.283. The van der Waals surface area contributed by atoms with Crippen molar-refractivity contribution >= 4 is 10.9 Å². The lowest BCUT2D eigenvalue weighted by Crippen LogP contribution is -2.73. The minimum Gasteiger partial charge on any atom is -0.508 e. The molecule has 2 bridgehead atoms. The van der Waals surface area contributed by atoms with Gasteiger partial charge in [-0.25, -0.2) is 0 Å². The van der Waals surface area contributed by atoms with E-state index in [1.807, 2.05) is 12.1 Å². The smallest absolute Gasteiger partial charge is 0.115 e. The summed E-state index contributed by atoms with van der Waals surface area (Å²) in [4.78, 5) is 7.38. The van der Waals surface area contributed by atoms with Crippen molar-refractivity contribution < 1.29 is 10.2 Å². The average Bonchev–Trinajstić information content (AvgIpc) is 2.68. The van der Waals surface area contributed by atoms with E-state index in [9.17, 15) is 10.2 Å². The number of pyridine rings is 1. The maximum Gasteiger partial charge on any atom is 0.115 e. The number of rotatable bonds is 0. The molecule has 6 rings (SSSR count). The number of aliphatic hydroxyl groups is 1. The topological polar surface area (TPSA) is 56.6 Å². The molecule has 2 heterocycles. The number of hydrogen-bond acceptors (Lipinski definition) is 4. The highest BCUT2D eigenvalue weighted by Gasteiger charge is 2.64. The quantitative estimate of drug-likeness (QED) is 0.623. The normalized spacial score (nSPS) is 30.5. The molecule has 3 atom stereocenters. The first kappa shape index (κ1) is 17.4. The molecular weight excluding hydrogens is 360 g/mol. The lowest BCUT2D eigenvalue weighted by molar-refractivity contribution is -0.145. The SMILES string of the molecule is Cc1ccc2nc3c(cc2c1)C[C@@]1(O)[C@H]2Cc4ccc(O)cc4[C@@]1(CCN2C)C3. The number of likely N-dealkylation sites (tertiary alicyclic amines) is 1. The number of phenols is 1. The van der Waals surface area contributed by atoms with Crippen molar-refractivity contribution in [2.24, 2.45) is 0 Å². The van der Waals surface area contributed by atoms with Crippen LogP contribution in [0.25, 0.3) is 10.9 Å². The predicted molar refractivity (Wildman–Crippen MR) is 113 cm³/mol. The van der Waals surface area contributed by atoms with Crippen molar-refractivity contribution in [3.63, 3.8) is 0 Å². The molecule has 0 spiro atoms. The van der Waals surface area contributed by atoms with Gasteiger partial charge in [0.05, 0.1) is 11.1 Å². The third kappa shape index (κ3) is 2.19. The zero-order chi connectivity index (χ0) is 20.0. The summed E-state index contributed by atoms with van der Waals surface area (Å²) in [5, 5.41) is 23.7. The molecule has 3 aliphatic rings. The van der Waals surface area contributed by atoms with Crippen LogP contribution in [-0.2, 0) is 24.7 Å². The van der Waals surface area contributed by atoms with Crippen molar-refractivity contribution in [2.75, 3.05) is 13.6 Å². The van der Waals surface area contributed by atoms with Crippen molar-refractivity contribution in [1.82, 2.24) is 9.88 Å². The Labute approximate surface area is 170 Å². The standard InChI is InChI=1S/C25H26N2O2/c1-15-3-6-21-17(9-15)10-18-13-25(29)23-11-16-4-5-19(28)12-20(16)24(25,7-8-27(23)2)14-22(18)26-21/h3-6,9-10,12,23,28-29H,7-8,11,13-14H2,1-2H3/t23-,24-,25-/m1/s1. The minimum absolute atomic E-state index is 0.0784. The molecule has 3 aromatic rings. The van der Waals surface area contributed by atoms with Crippen LogP contribution in [0.4, 0.5) is 0 Å². The average molecular weight is 386 g/mol. The van der Waals surface area contributed by atoms with Gasteiger partial charge in [0.15, 0.2) is 0 Å². The number of likely N-dealkylation sites (N-methyl/N-ethyl adjacent to an activating group) is 1. The van der Waals surface area contributed by atoms with Crippen LogP contribution in [0.15, 0.2) is 42.5 Å². The molecule has 1 fully saturated rings. The number of aromatic nitrogens is 1. The lowest BCUT2D eigenvalue weighted by Gasteiger charge is -2.63. The largest absolute Gasteiger partial charge is 0.508 e. The van der Waals surface area contributed by atoms with Crippen LogP contribution < -0.4 is 0 Å². The van der Waals surface area contributed by atoms with Gasteiger partial charge in [-0.05, 0) is 80.4 Å². The van der Waals surface area contributed by atoms with Crippen molar-refractivity contribution in [2.45, 2.75) is 49.7 Å². The van der Waals surface area contributed by atoms with Gasteiger partial charge in [0.2, 0.25) is 0 Å². The molecule has 148 valence electrons. The molecule has 1 aromatic heterocycles. The molecule has 4 heteroatoms. The Morgan fingerprint density at radius 2 is 1.93 bits per heavy atom. The molecule has 0 radical (unpaired) electrons. The van der Waals surface area contributed by atoms with Crippen molar-refractivity contribution in [3.8, 4) is 5.75 Å². The molecule has 4 nitrogen and oxygen atoms in total. The molecular formula is C25H26N2O2. The van der Waals surface area contributed by atoms with Gasteiger partial charge in [0.25, 0.3) is 0 Å². The van der Waals surface area contributed by atoms with E-state index in [2.05, 4.69) is 43.1 Å². The number of aromatic hydroxyl groups is 1. The first-order valence-corrected chi connectivity index (χ1v) is 10.5. The Morgan fingerprint density at radius 3 is 2.79 bits per heavy atom. The number of benzene rings is 2. The van der Waals surface area contributed by atoms with Crippen LogP contribution in [0.5, 0.6) is 5.75 Å². The summed E-state index contributed by atoms with van der Waals surface area (Å²) < 4.78 is 0. The van der Waals surface area contributed by atoms with Crippen molar-refractivity contribution in [1.29, 1.82) is 0 Å². The van der Waals surface area contributed by atoms with Crippen LogP contribution >= 0.6 is 0 Å². The first-order chi connectivity index (χ1) is 13.9. The fourth-order valence-electron chi connectivity index (χ4n) is 6.40. The molecule has 1 saturated heterocycles. The van der Waals surface area contributed by atoms with Gasteiger partial charge in [-0.1, -0.05) is 17.7 Å². The summed E-state index contributed by atoms with van der Waals surface area (Å²) in [6.07, 6.45) is 3.03. The van der Waals surface area contributed by atoms with Crippen LogP contribution in [0.3, 0.4) is 0 Å². The lowest BCUT2D eigenvalue weighted by atomic mass is 9.49. The number of piperidine rings is 1. The van der Waals surface area contributed by atoms with Gasteiger partial charge in [-0.15, -0.1) is 0 Å². The van der Waals surface area contributed by atoms with E-state index in [-0.39, 0.29) is 11.8 Å². The molecule has 0 unspecified atom stereocenters. The van der Waals surface area contributed by atoms with Crippen LogP contribution in [0.1, 0.15) is 34.4 Å². The van der Waals surface area contributed by atoms with Gasteiger partial charge < -0.3 is 15.1 Å². The van der Waals surface area contributed by atoms with Gasteiger partial charge >= 0.3 is 0 Å². The highest BCUT2D eigenvalue weighted by molar-refractivity contribution is 5.80. The number of phenolic OH excluding ortho intramolecular Hbond substituents is 1. The third-order valence-electron chi connectivity index (χ3n) is 7.89. The zero-order valence-electron chi connectivity index (χ0n) is 16.9. The maximum atomic E-state index is 12.3. The molecule has 29 heavy (non-hydrogen) atoms. The fraction of sp³-hybridized carbons (Fsp3) is 0.400. The molecule has 2 aromatic carbocycles. The van der Waals surface area contributed by atoms with Crippen LogP contribution in [0.2, 0.25) is 0 Å². The number of fused-ring (bicyclic) bond motifs is 3. The van der Waals surface area contributed by atoms with Crippen LogP contribution in [-0.4, -0.2) is 45.3 Å². The fourth-order valence-corrected chi connectivity index (χ4v) is 6.40. The van der Waals surface area contributed by atoms with E-state index in [0.717, 1.165) is 48.0 Å². The Kier molecular flexibility index (Phi) is 3.36. The first-order valence-electron chi connectivity index (χ1n) is 10.5. The Hall–Kier alpha value is -2.43. The molecule has 2 aliphatic carbocycles. The van der Waals surface area contributed by atoms with E-state index in [1.165, 1.54) is 16.7 Å².